The molecule has 0 saturated carbocycles. The fraction of sp³-hybridized carbons (Fsp3) is 0.133. The van der Waals surface area contributed by atoms with Gasteiger partial charge in [-0.1, -0.05) is 24.3 Å². The second kappa shape index (κ2) is 5.00. The number of hydrogen-bond acceptors (Lipinski definition) is 1. The van der Waals surface area contributed by atoms with Crippen LogP contribution in [0.1, 0.15) is 21.5 Å². The molecular formula is C15H14FNO. The lowest BCUT2D eigenvalue weighted by Crippen LogP contribution is -2.14. The van der Waals surface area contributed by atoms with Gasteiger partial charge in [-0.15, -0.1) is 0 Å². The summed E-state index contributed by atoms with van der Waals surface area (Å²) in [6.07, 6.45) is 0. The van der Waals surface area contributed by atoms with Gasteiger partial charge in [0.2, 0.25) is 0 Å². The van der Waals surface area contributed by atoms with Gasteiger partial charge in [0.1, 0.15) is 5.82 Å². The van der Waals surface area contributed by atoms with Crippen molar-refractivity contribution in [1.82, 2.24) is 0 Å². The molecule has 1 amide bonds. The molecular weight excluding hydrogens is 229 g/mol. The number of nitrogens with one attached hydrogen (secondary N) is 1. The maximum Gasteiger partial charge on any atom is 0.256 e. The average molecular weight is 243 g/mol. The summed E-state index contributed by atoms with van der Waals surface area (Å²) < 4.78 is 13.6. The predicted molar refractivity (Wildman–Crippen MR) is 70.3 cm³/mol. The average Bonchev–Trinajstić information content (AvgIpc) is 2.33. The number of carbonyl (C=O) groups is 1. The van der Waals surface area contributed by atoms with Crippen LogP contribution in [0.25, 0.3) is 0 Å². The van der Waals surface area contributed by atoms with Gasteiger partial charge >= 0.3 is 0 Å². The Morgan fingerprint density at radius 2 is 1.83 bits per heavy atom. The van der Waals surface area contributed by atoms with E-state index in [1.807, 2.05) is 19.1 Å². The Labute approximate surface area is 105 Å². The van der Waals surface area contributed by atoms with Gasteiger partial charge in [0, 0.05) is 5.56 Å². The maximum absolute atomic E-state index is 13.6. The highest BCUT2D eigenvalue weighted by Gasteiger charge is 2.10. The maximum atomic E-state index is 13.6. The van der Waals surface area contributed by atoms with Crippen molar-refractivity contribution in [3.63, 3.8) is 0 Å². The first-order valence-electron chi connectivity index (χ1n) is 5.71. The lowest BCUT2D eigenvalue weighted by atomic mass is 10.1. The minimum Gasteiger partial charge on any atom is -0.319 e. The van der Waals surface area contributed by atoms with E-state index < -0.39 is 5.82 Å². The van der Waals surface area contributed by atoms with E-state index in [0.717, 1.165) is 11.1 Å². The first-order chi connectivity index (χ1) is 8.58. The number of amides is 1. The minimum atomic E-state index is -0.420. The molecule has 0 saturated heterocycles. The molecule has 0 radical (unpaired) electrons. The zero-order valence-electron chi connectivity index (χ0n) is 10.3. The Bertz CT molecular complexity index is 593. The molecule has 0 fully saturated rings. The van der Waals surface area contributed by atoms with Gasteiger partial charge in [-0.05, 0) is 43.2 Å². The largest absolute Gasteiger partial charge is 0.319 e. The molecule has 0 unspecified atom stereocenters. The molecule has 2 nitrogen and oxygen atoms in total. The molecule has 3 heteroatoms. The fourth-order valence-electron chi connectivity index (χ4n) is 1.74. The third-order valence-corrected chi connectivity index (χ3v) is 2.76. The molecule has 0 heterocycles. The lowest BCUT2D eigenvalue weighted by molar-refractivity contribution is 0.102. The molecule has 0 aliphatic carbocycles. The van der Waals surface area contributed by atoms with Crippen LogP contribution in [0.5, 0.6) is 0 Å². The first-order valence-corrected chi connectivity index (χ1v) is 5.71. The van der Waals surface area contributed by atoms with Crippen LogP contribution in [-0.2, 0) is 0 Å². The molecule has 18 heavy (non-hydrogen) atoms. The van der Waals surface area contributed by atoms with Gasteiger partial charge in [-0.25, -0.2) is 4.39 Å². The third-order valence-electron chi connectivity index (χ3n) is 2.76. The summed E-state index contributed by atoms with van der Waals surface area (Å²) in [5.41, 5.74) is 2.44. The Hall–Kier alpha value is -2.16. The quantitative estimate of drug-likeness (QED) is 0.856. The van der Waals surface area contributed by atoms with Gasteiger partial charge in [-0.2, -0.15) is 0 Å². The number of aryl methyl sites for hydroxylation is 2. The van der Waals surface area contributed by atoms with Gasteiger partial charge in [0.15, 0.2) is 0 Å². The monoisotopic (exact) mass is 243 g/mol. The molecule has 1 N–H and O–H groups in total. The van der Waals surface area contributed by atoms with E-state index in [0.29, 0.717) is 5.56 Å². The normalized spacial score (nSPS) is 10.2. The third kappa shape index (κ3) is 2.56. The van der Waals surface area contributed by atoms with Crippen LogP contribution in [0, 0.1) is 19.7 Å². The fourth-order valence-corrected chi connectivity index (χ4v) is 1.74. The Morgan fingerprint density at radius 1 is 1.11 bits per heavy atom. The molecule has 0 bridgehead atoms. The van der Waals surface area contributed by atoms with Crippen LogP contribution in [-0.4, -0.2) is 5.91 Å². The SMILES string of the molecule is Cc1ccc(NC(=O)c2ccccc2C)c(F)c1. The smallest absolute Gasteiger partial charge is 0.256 e. The minimum absolute atomic E-state index is 0.203. The van der Waals surface area contributed by atoms with Crippen LogP contribution < -0.4 is 5.32 Å². The number of carbonyl (C=O) groups excluding carboxylic acids is 1. The van der Waals surface area contributed by atoms with Crippen molar-refractivity contribution >= 4 is 11.6 Å². The van der Waals surface area contributed by atoms with E-state index in [9.17, 15) is 9.18 Å². The van der Waals surface area contributed by atoms with E-state index in [1.54, 1.807) is 31.2 Å². The van der Waals surface area contributed by atoms with Crippen molar-refractivity contribution in [3.8, 4) is 0 Å². The number of halogens is 1. The van der Waals surface area contributed by atoms with Crippen molar-refractivity contribution in [2.45, 2.75) is 13.8 Å². The zero-order chi connectivity index (χ0) is 13.1. The summed E-state index contributed by atoms with van der Waals surface area (Å²) in [6, 6.07) is 11.9. The first kappa shape index (κ1) is 12.3. The number of anilines is 1. The predicted octanol–water partition coefficient (Wildman–Crippen LogP) is 3.69. The lowest BCUT2D eigenvalue weighted by Gasteiger charge is -2.08. The highest BCUT2D eigenvalue weighted by atomic mass is 19.1. The van der Waals surface area contributed by atoms with Crippen molar-refractivity contribution < 1.29 is 9.18 Å². The summed E-state index contributed by atoms with van der Waals surface area (Å²) in [4.78, 5) is 12.0. The van der Waals surface area contributed by atoms with E-state index in [-0.39, 0.29) is 11.6 Å². The molecule has 0 aromatic heterocycles. The van der Waals surface area contributed by atoms with E-state index in [2.05, 4.69) is 5.32 Å². The topological polar surface area (TPSA) is 29.1 Å². The summed E-state index contributed by atoms with van der Waals surface area (Å²) >= 11 is 0. The molecule has 0 aliphatic heterocycles. The van der Waals surface area contributed by atoms with Crippen molar-refractivity contribution in [1.29, 1.82) is 0 Å². The molecule has 0 atom stereocenters. The summed E-state index contributed by atoms with van der Waals surface area (Å²) in [5, 5.41) is 2.58. The number of benzene rings is 2. The molecule has 2 aromatic carbocycles. The second-order valence-corrected chi connectivity index (χ2v) is 4.25. The van der Waals surface area contributed by atoms with Crippen molar-refractivity contribution in [2.24, 2.45) is 0 Å². The number of hydrogen-bond donors (Lipinski definition) is 1. The standard InChI is InChI=1S/C15H14FNO/c1-10-7-8-14(13(16)9-10)17-15(18)12-6-4-3-5-11(12)2/h3-9H,1-2H3,(H,17,18). The second-order valence-electron chi connectivity index (χ2n) is 4.25. The van der Waals surface area contributed by atoms with Gasteiger partial charge in [0.05, 0.1) is 5.69 Å². The molecule has 92 valence electrons. The zero-order valence-corrected chi connectivity index (χ0v) is 10.3. The van der Waals surface area contributed by atoms with E-state index in [4.69, 9.17) is 0 Å². The summed E-state index contributed by atoms with van der Waals surface area (Å²) in [6.45, 7) is 3.65. The Balaban J connectivity index is 2.24. The van der Waals surface area contributed by atoms with E-state index >= 15 is 0 Å². The van der Waals surface area contributed by atoms with Crippen LogP contribution in [0.3, 0.4) is 0 Å². The molecule has 2 aromatic rings. The van der Waals surface area contributed by atoms with Gasteiger partial charge in [0.25, 0.3) is 5.91 Å². The summed E-state index contributed by atoms with van der Waals surface area (Å²) in [7, 11) is 0. The molecule has 2 rings (SSSR count). The number of rotatable bonds is 2. The Morgan fingerprint density at radius 3 is 2.50 bits per heavy atom. The van der Waals surface area contributed by atoms with Crippen molar-refractivity contribution in [3.05, 3.63) is 65.0 Å². The van der Waals surface area contributed by atoms with Crippen LogP contribution in [0.2, 0.25) is 0 Å². The highest BCUT2D eigenvalue weighted by molar-refractivity contribution is 6.05. The van der Waals surface area contributed by atoms with Crippen LogP contribution in [0.15, 0.2) is 42.5 Å². The Kier molecular flexibility index (Phi) is 3.42. The van der Waals surface area contributed by atoms with Crippen LogP contribution in [0.4, 0.5) is 10.1 Å². The van der Waals surface area contributed by atoms with Gasteiger partial charge in [-0.3, -0.25) is 4.79 Å². The highest BCUT2D eigenvalue weighted by Crippen LogP contribution is 2.17. The molecule has 0 spiro atoms. The van der Waals surface area contributed by atoms with E-state index in [1.165, 1.54) is 6.07 Å². The molecule has 0 aliphatic rings. The van der Waals surface area contributed by atoms with Crippen molar-refractivity contribution in [2.75, 3.05) is 5.32 Å². The summed E-state index contributed by atoms with van der Waals surface area (Å²) in [5.74, 6) is -0.715. The van der Waals surface area contributed by atoms with Gasteiger partial charge < -0.3 is 5.32 Å². The van der Waals surface area contributed by atoms with Crippen LogP contribution >= 0.6 is 0 Å².